The summed E-state index contributed by atoms with van der Waals surface area (Å²) in [6, 6.07) is 0. The number of carboxylic acids is 1. The summed E-state index contributed by atoms with van der Waals surface area (Å²) in [7, 11) is 4.46. The minimum absolute atomic E-state index is 0.179. The zero-order valence-electron chi connectivity index (χ0n) is 23.5. The maximum absolute atomic E-state index is 10.5. The zero-order valence-corrected chi connectivity index (χ0v) is 23.5. The Bertz CT molecular complexity index is 439. The summed E-state index contributed by atoms with van der Waals surface area (Å²) in [4.78, 5) is 10.4. The molecule has 0 heterocycles. The Hall–Kier alpha value is -0.610. The summed E-state index contributed by atoms with van der Waals surface area (Å²) in [5.74, 6) is -0.929. The van der Waals surface area contributed by atoms with Gasteiger partial charge in [-0.05, 0) is 32.1 Å². The maximum Gasteiger partial charge on any atom is 0.105 e. The number of aliphatic hydroxyl groups excluding tert-OH is 1. The number of quaternary nitrogens is 1. The van der Waals surface area contributed by atoms with Gasteiger partial charge in [0.15, 0.2) is 0 Å². The van der Waals surface area contributed by atoms with Gasteiger partial charge < -0.3 is 19.5 Å². The van der Waals surface area contributed by atoms with Crippen LogP contribution in [0.25, 0.3) is 0 Å². The van der Waals surface area contributed by atoms with E-state index in [1.165, 1.54) is 109 Å². The number of aliphatic hydroxyl groups is 1. The second-order valence-corrected chi connectivity index (χ2v) is 11.5. The van der Waals surface area contributed by atoms with Crippen LogP contribution in [-0.4, -0.2) is 48.8 Å². The topological polar surface area (TPSA) is 60.4 Å². The highest BCUT2D eigenvalue weighted by atomic mass is 16.4. The molecule has 0 radical (unpaired) electrons. The molecule has 0 amide bonds. The predicted molar refractivity (Wildman–Crippen MR) is 145 cm³/mol. The highest BCUT2D eigenvalue weighted by molar-refractivity contribution is 5.64. The van der Waals surface area contributed by atoms with Crippen molar-refractivity contribution in [1.82, 2.24) is 0 Å². The van der Waals surface area contributed by atoms with Crippen molar-refractivity contribution in [3.8, 4) is 0 Å². The van der Waals surface area contributed by atoms with Crippen LogP contribution in [0.15, 0.2) is 0 Å². The van der Waals surface area contributed by atoms with Gasteiger partial charge in [0.1, 0.15) is 12.6 Å². The van der Waals surface area contributed by atoms with Crippen molar-refractivity contribution in [1.29, 1.82) is 0 Å². The lowest BCUT2D eigenvalue weighted by Crippen LogP contribution is -2.45. The minimum Gasteiger partial charge on any atom is -0.550 e. The first-order chi connectivity index (χ1) is 16.4. The average molecular weight is 484 g/mol. The molecule has 0 spiro atoms. The van der Waals surface area contributed by atoms with E-state index in [0.717, 1.165) is 49.7 Å². The molecule has 0 aliphatic carbocycles. The van der Waals surface area contributed by atoms with E-state index < -0.39 is 5.97 Å². The van der Waals surface area contributed by atoms with E-state index in [9.17, 15) is 15.0 Å². The van der Waals surface area contributed by atoms with E-state index in [2.05, 4.69) is 21.0 Å². The molecule has 4 heteroatoms. The van der Waals surface area contributed by atoms with Crippen molar-refractivity contribution < 1.29 is 19.5 Å². The summed E-state index contributed by atoms with van der Waals surface area (Å²) < 4.78 is 0.893. The molecule has 0 fully saturated rings. The van der Waals surface area contributed by atoms with Crippen LogP contribution in [-0.2, 0) is 4.79 Å². The quantitative estimate of drug-likeness (QED) is 0.0995. The van der Waals surface area contributed by atoms with Crippen molar-refractivity contribution in [3.63, 3.8) is 0 Å². The SMILES string of the molecule is CCCCCCCCCCCCCCCCCC(O)C[N+](C)(C)CCCCCCCCC(=O)[O-]. The van der Waals surface area contributed by atoms with Crippen molar-refractivity contribution in [3.05, 3.63) is 0 Å². The molecule has 0 saturated carbocycles. The first-order valence-corrected chi connectivity index (χ1v) is 15.1. The van der Waals surface area contributed by atoms with Crippen LogP contribution in [0.4, 0.5) is 0 Å². The van der Waals surface area contributed by atoms with Crippen LogP contribution in [0.5, 0.6) is 0 Å². The molecule has 0 aliphatic rings. The Balaban J connectivity index is 3.43. The summed E-state index contributed by atoms with van der Waals surface area (Å²) in [6.07, 6.45) is 28.1. The van der Waals surface area contributed by atoms with E-state index in [4.69, 9.17) is 0 Å². The van der Waals surface area contributed by atoms with E-state index in [0.29, 0.717) is 0 Å². The minimum atomic E-state index is -0.929. The van der Waals surface area contributed by atoms with Crippen LogP contribution in [0.3, 0.4) is 0 Å². The third kappa shape index (κ3) is 26.0. The van der Waals surface area contributed by atoms with E-state index >= 15 is 0 Å². The number of hydrogen-bond acceptors (Lipinski definition) is 3. The molecule has 0 rings (SSSR count). The lowest BCUT2D eigenvalue weighted by Gasteiger charge is -2.32. The lowest BCUT2D eigenvalue weighted by molar-refractivity contribution is -0.893. The Morgan fingerprint density at radius 3 is 1.47 bits per heavy atom. The van der Waals surface area contributed by atoms with Crippen molar-refractivity contribution >= 4 is 5.97 Å². The largest absolute Gasteiger partial charge is 0.550 e. The van der Waals surface area contributed by atoms with Gasteiger partial charge in [0.25, 0.3) is 0 Å². The number of carbonyl (C=O) groups excluding carboxylic acids is 1. The van der Waals surface area contributed by atoms with Gasteiger partial charge in [-0.2, -0.15) is 0 Å². The molecule has 0 bridgehead atoms. The first kappa shape index (κ1) is 33.4. The number of likely N-dealkylation sites (N-methyl/N-ethyl adjacent to an activating group) is 1. The van der Waals surface area contributed by atoms with Gasteiger partial charge in [-0.15, -0.1) is 0 Å². The number of unbranched alkanes of at least 4 members (excludes halogenated alkanes) is 19. The monoisotopic (exact) mass is 483 g/mol. The second kappa shape index (κ2) is 24.1. The highest BCUT2D eigenvalue weighted by Gasteiger charge is 2.19. The molecule has 204 valence electrons. The van der Waals surface area contributed by atoms with Crippen LogP contribution in [0.1, 0.15) is 155 Å². The standard InChI is InChI=1S/C30H61NO3/c1-4-5-6-7-8-9-10-11-12-13-14-15-16-19-22-25-29(32)28-31(2,3)27-24-21-18-17-20-23-26-30(33)34/h29,32H,4-28H2,1-3H3. The third-order valence-corrected chi connectivity index (χ3v) is 7.24. The van der Waals surface area contributed by atoms with Gasteiger partial charge >= 0.3 is 0 Å². The highest BCUT2D eigenvalue weighted by Crippen LogP contribution is 2.15. The molecule has 1 N–H and O–H groups in total. The number of hydrogen-bond donors (Lipinski definition) is 1. The molecule has 0 aromatic rings. The number of rotatable bonds is 27. The fraction of sp³-hybridized carbons (Fsp3) is 0.967. The molecule has 0 aromatic heterocycles. The molecule has 4 nitrogen and oxygen atoms in total. The first-order valence-electron chi connectivity index (χ1n) is 15.1. The summed E-state index contributed by atoms with van der Waals surface area (Å²) in [5.41, 5.74) is 0. The number of carboxylic acid groups (broad SMARTS) is 1. The van der Waals surface area contributed by atoms with Gasteiger partial charge in [0.2, 0.25) is 0 Å². The zero-order chi connectivity index (χ0) is 25.3. The molecule has 34 heavy (non-hydrogen) atoms. The van der Waals surface area contributed by atoms with Crippen molar-refractivity contribution in [2.24, 2.45) is 0 Å². The predicted octanol–water partition coefficient (Wildman–Crippen LogP) is 7.17. The van der Waals surface area contributed by atoms with Gasteiger partial charge in [0.05, 0.1) is 20.6 Å². The summed E-state index contributed by atoms with van der Waals surface area (Å²) in [5, 5.41) is 20.9. The van der Waals surface area contributed by atoms with E-state index in [1.807, 2.05) is 0 Å². The summed E-state index contributed by atoms with van der Waals surface area (Å²) >= 11 is 0. The van der Waals surface area contributed by atoms with E-state index in [-0.39, 0.29) is 12.5 Å². The fourth-order valence-corrected chi connectivity index (χ4v) is 5.02. The van der Waals surface area contributed by atoms with Crippen molar-refractivity contribution in [2.75, 3.05) is 27.2 Å². The smallest absolute Gasteiger partial charge is 0.105 e. The normalized spacial score (nSPS) is 12.8. The molecule has 1 unspecified atom stereocenters. The third-order valence-electron chi connectivity index (χ3n) is 7.24. The Morgan fingerprint density at radius 2 is 1.03 bits per heavy atom. The van der Waals surface area contributed by atoms with Gasteiger partial charge in [-0.3, -0.25) is 0 Å². The molecular weight excluding hydrogens is 422 g/mol. The Labute approximate surface area is 213 Å². The number of aliphatic carboxylic acids is 1. The van der Waals surface area contributed by atoms with Crippen LogP contribution in [0.2, 0.25) is 0 Å². The maximum atomic E-state index is 10.5. The number of carbonyl (C=O) groups is 1. The van der Waals surface area contributed by atoms with Crippen LogP contribution in [0, 0.1) is 0 Å². The second-order valence-electron chi connectivity index (χ2n) is 11.5. The van der Waals surface area contributed by atoms with Gasteiger partial charge in [-0.25, -0.2) is 0 Å². The average Bonchev–Trinajstić information content (AvgIpc) is 2.77. The molecule has 0 aromatic carbocycles. The fourth-order valence-electron chi connectivity index (χ4n) is 5.02. The lowest BCUT2D eigenvalue weighted by atomic mass is 10.0. The summed E-state index contributed by atoms with van der Waals surface area (Å²) in [6.45, 7) is 4.24. The van der Waals surface area contributed by atoms with E-state index in [1.54, 1.807) is 0 Å². The van der Waals surface area contributed by atoms with Crippen LogP contribution < -0.4 is 5.11 Å². The number of nitrogens with zero attached hydrogens (tertiary/aromatic N) is 1. The van der Waals surface area contributed by atoms with Gasteiger partial charge in [0, 0.05) is 5.97 Å². The van der Waals surface area contributed by atoms with Gasteiger partial charge in [-0.1, -0.05) is 122 Å². The Kier molecular flexibility index (Phi) is 23.7. The molecular formula is C30H61NO3. The molecule has 1 atom stereocenters. The van der Waals surface area contributed by atoms with Crippen LogP contribution >= 0.6 is 0 Å². The Morgan fingerprint density at radius 1 is 0.647 bits per heavy atom. The molecule has 0 saturated heterocycles. The van der Waals surface area contributed by atoms with Crippen molar-refractivity contribution in [2.45, 2.75) is 161 Å². The molecule has 0 aliphatic heterocycles.